The Morgan fingerprint density at radius 3 is 2.57 bits per heavy atom. The highest BCUT2D eigenvalue weighted by Crippen LogP contribution is 2.32. The molecule has 0 aliphatic heterocycles. The van der Waals surface area contributed by atoms with E-state index >= 15 is 0 Å². The van der Waals surface area contributed by atoms with Gasteiger partial charge in [-0.05, 0) is 81.5 Å². The van der Waals surface area contributed by atoms with Gasteiger partial charge in [-0.25, -0.2) is 0 Å². The van der Waals surface area contributed by atoms with Gasteiger partial charge in [0.15, 0.2) is 0 Å². The monoisotopic (exact) mass is 478 g/mol. The van der Waals surface area contributed by atoms with E-state index in [2.05, 4.69) is 49.5 Å². The molecule has 0 spiro atoms. The van der Waals surface area contributed by atoms with Crippen LogP contribution in [0.25, 0.3) is 0 Å². The molecule has 3 rings (SSSR count). The summed E-state index contributed by atoms with van der Waals surface area (Å²) >= 11 is 0. The van der Waals surface area contributed by atoms with Gasteiger partial charge < -0.3 is 19.9 Å². The number of nitriles is 1. The highest BCUT2D eigenvalue weighted by molar-refractivity contribution is 5.69. The number of esters is 1. The van der Waals surface area contributed by atoms with E-state index in [9.17, 15) is 15.2 Å². The lowest BCUT2D eigenvalue weighted by molar-refractivity contribution is -0.143. The lowest BCUT2D eigenvalue weighted by Crippen LogP contribution is -2.46. The van der Waals surface area contributed by atoms with Crippen molar-refractivity contribution >= 4 is 5.97 Å². The van der Waals surface area contributed by atoms with Crippen molar-refractivity contribution in [2.75, 3.05) is 19.8 Å². The summed E-state index contributed by atoms with van der Waals surface area (Å²) in [6.45, 7) is 7.02. The van der Waals surface area contributed by atoms with E-state index in [-0.39, 0.29) is 18.1 Å². The standard InChI is InChI=1S/C29H38N2O4/c1-4-34-28(33)14-8-12-22-11-7-13-27(26(22)18-30)35-20-25(32)19-31-29(2,3)17-21-15-23-9-5-6-10-24(23)16-21/h5-7,9-11,13,21,25,31-32H,4,8,12,14-17,19-20H2,1-3H3. The zero-order valence-corrected chi connectivity index (χ0v) is 21.2. The Morgan fingerprint density at radius 2 is 1.91 bits per heavy atom. The number of ether oxygens (including phenoxy) is 2. The maximum absolute atomic E-state index is 11.6. The van der Waals surface area contributed by atoms with Crippen LogP contribution >= 0.6 is 0 Å². The van der Waals surface area contributed by atoms with E-state index in [1.54, 1.807) is 13.0 Å². The molecule has 6 heteroatoms. The van der Waals surface area contributed by atoms with Crippen molar-refractivity contribution < 1.29 is 19.4 Å². The summed E-state index contributed by atoms with van der Waals surface area (Å²) in [4.78, 5) is 11.6. The number of β-amino-alcohol motifs (C(OH)–C–C–N with tert-alkyl or cyclic N) is 1. The summed E-state index contributed by atoms with van der Waals surface area (Å²) < 4.78 is 10.8. The number of carbonyl (C=O) groups excluding carboxylic acids is 1. The molecule has 1 aliphatic carbocycles. The van der Waals surface area contributed by atoms with Crippen molar-refractivity contribution in [3.8, 4) is 11.8 Å². The molecule has 0 aromatic heterocycles. The minimum atomic E-state index is -0.700. The Kier molecular flexibility index (Phi) is 9.71. The zero-order chi connectivity index (χ0) is 25.3. The second-order valence-corrected chi connectivity index (χ2v) is 10.0. The predicted octanol–water partition coefficient (Wildman–Crippen LogP) is 4.36. The van der Waals surface area contributed by atoms with Gasteiger partial charge in [0.25, 0.3) is 0 Å². The third-order valence-electron chi connectivity index (χ3n) is 6.54. The Labute approximate surface area is 209 Å². The van der Waals surface area contributed by atoms with Crippen LogP contribution < -0.4 is 10.1 Å². The highest BCUT2D eigenvalue weighted by Gasteiger charge is 2.28. The molecule has 2 N–H and O–H groups in total. The maximum atomic E-state index is 11.6. The van der Waals surface area contributed by atoms with Crippen molar-refractivity contribution in [2.24, 2.45) is 5.92 Å². The summed E-state index contributed by atoms with van der Waals surface area (Å²) in [5, 5.41) is 23.7. The molecular weight excluding hydrogens is 440 g/mol. The maximum Gasteiger partial charge on any atom is 0.305 e. The van der Waals surface area contributed by atoms with E-state index in [1.165, 1.54) is 11.1 Å². The lowest BCUT2D eigenvalue weighted by Gasteiger charge is -2.30. The Bertz CT molecular complexity index is 1000. The SMILES string of the molecule is CCOC(=O)CCCc1cccc(OCC(O)CNC(C)(C)CC2Cc3ccccc3C2)c1C#N. The zero-order valence-electron chi connectivity index (χ0n) is 21.2. The van der Waals surface area contributed by atoms with Crippen molar-refractivity contribution in [1.82, 2.24) is 5.32 Å². The van der Waals surface area contributed by atoms with Crippen LogP contribution in [-0.2, 0) is 28.8 Å². The fourth-order valence-electron chi connectivity index (χ4n) is 4.92. The number of nitrogens with one attached hydrogen (secondary N) is 1. The molecule has 0 heterocycles. The number of aryl methyl sites for hydroxylation is 1. The number of rotatable bonds is 13. The van der Waals surface area contributed by atoms with E-state index < -0.39 is 6.10 Å². The average molecular weight is 479 g/mol. The quantitative estimate of drug-likeness (QED) is 0.416. The minimum absolute atomic E-state index is 0.0961. The number of aliphatic hydroxyl groups excluding tert-OH is 1. The number of hydrogen-bond acceptors (Lipinski definition) is 6. The van der Waals surface area contributed by atoms with Crippen molar-refractivity contribution in [2.45, 2.75) is 70.9 Å². The first-order chi connectivity index (χ1) is 16.8. The van der Waals surface area contributed by atoms with Gasteiger partial charge >= 0.3 is 5.97 Å². The molecule has 1 atom stereocenters. The first kappa shape index (κ1) is 26.7. The largest absolute Gasteiger partial charge is 0.489 e. The summed E-state index contributed by atoms with van der Waals surface area (Å²) in [5.41, 5.74) is 4.10. The molecule has 0 fully saturated rings. The Balaban J connectivity index is 1.45. The molecule has 0 saturated carbocycles. The fraction of sp³-hybridized carbons (Fsp3) is 0.517. The normalized spacial score (nSPS) is 14.3. The smallest absolute Gasteiger partial charge is 0.305 e. The van der Waals surface area contributed by atoms with Gasteiger partial charge in [0.05, 0.1) is 12.2 Å². The molecule has 6 nitrogen and oxygen atoms in total. The van der Waals surface area contributed by atoms with Gasteiger partial charge in [0.2, 0.25) is 0 Å². The van der Waals surface area contributed by atoms with Crippen LogP contribution in [0.5, 0.6) is 5.75 Å². The number of nitrogens with zero attached hydrogens (tertiary/aromatic N) is 1. The van der Waals surface area contributed by atoms with Gasteiger partial charge in [-0.3, -0.25) is 4.79 Å². The van der Waals surface area contributed by atoms with Gasteiger partial charge in [-0.15, -0.1) is 0 Å². The highest BCUT2D eigenvalue weighted by atomic mass is 16.5. The van der Waals surface area contributed by atoms with Crippen LogP contribution in [-0.4, -0.2) is 42.5 Å². The van der Waals surface area contributed by atoms with Crippen LogP contribution in [0.1, 0.15) is 62.3 Å². The molecule has 0 amide bonds. The van der Waals surface area contributed by atoms with Crippen molar-refractivity contribution in [1.29, 1.82) is 5.26 Å². The molecule has 1 unspecified atom stereocenters. The molecule has 0 radical (unpaired) electrons. The third kappa shape index (κ3) is 8.09. The van der Waals surface area contributed by atoms with E-state index in [0.717, 1.165) is 24.8 Å². The molecular formula is C29H38N2O4. The number of carbonyl (C=O) groups is 1. The van der Waals surface area contributed by atoms with Crippen molar-refractivity contribution in [3.63, 3.8) is 0 Å². The minimum Gasteiger partial charge on any atom is -0.489 e. The summed E-state index contributed by atoms with van der Waals surface area (Å²) in [6, 6.07) is 16.3. The number of hydrogen-bond donors (Lipinski definition) is 2. The van der Waals surface area contributed by atoms with Gasteiger partial charge in [-0.1, -0.05) is 36.4 Å². The number of fused-ring (bicyclic) bond motifs is 1. The first-order valence-electron chi connectivity index (χ1n) is 12.6. The molecule has 188 valence electrons. The van der Waals surface area contributed by atoms with Crippen LogP contribution in [0, 0.1) is 17.2 Å². The van der Waals surface area contributed by atoms with Crippen LogP contribution in [0.15, 0.2) is 42.5 Å². The number of aliphatic hydroxyl groups is 1. The molecule has 2 aromatic carbocycles. The topological polar surface area (TPSA) is 91.6 Å². The molecule has 1 aliphatic rings. The van der Waals surface area contributed by atoms with Gasteiger partial charge in [0.1, 0.15) is 24.5 Å². The third-order valence-corrected chi connectivity index (χ3v) is 6.54. The Hall–Kier alpha value is -2.88. The Morgan fingerprint density at radius 1 is 1.20 bits per heavy atom. The lowest BCUT2D eigenvalue weighted by atomic mass is 9.88. The van der Waals surface area contributed by atoms with Crippen molar-refractivity contribution in [3.05, 3.63) is 64.7 Å². The summed E-state index contributed by atoms with van der Waals surface area (Å²) in [7, 11) is 0. The van der Waals surface area contributed by atoms with Crippen LogP contribution in [0.3, 0.4) is 0 Å². The van der Waals surface area contributed by atoms with E-state index in [1.807, 2.05) is 12.1 Å². The van der Waals surface area contributed by atoms with Crippen LogP contribution in [0.2, 0.25) is 0 Å². The van der Waals surface area contributed by atoms with Gasteiger partial charge in [-0.2, -0.15) is 5.26 Å². The second kappa shape index (κ2) is 12.7. The number of benzene rings is 2. The molecule has 35 heavy (non-hydrogen) atoms. The molecule has 0 saturated heterocycles. The second-order valence-electron chi connectivity index (χ2n) is 10.0. The van der Waals surface area contributed by atoms with E-state index in [0.29, 0.717) is 49.6 Å². The summed E-state index contributed by atoms with van der Waals surface area (Å²) in [5.74, 6) is 0.839. The molecule has 0 bridgehead atoms. The summed E-state index contributed by atoms with van der Waals surface area (Å²) in [6.07, 6.45) is 4.06. The van der Waals surface area contributed by atoms with Gasteiger partial charge in [0, 0.05) is 18.5 Å². The fourth-order valence-corrected chi connectivity index (χ4v) is 4.92. The van der Waals surface area contributed by atoms with E-state index in [4.69, 9.17) is 9.47 Å². The predicted molar refractivity (Wildman–Crippen MR) is 136 cm³/mol. The molecule has 2 aromatic rings. The van der Waals surface area contributed by atoms with Crippen LogP contribution in [0.4, 0.5) is 0 Å². The average Bonchev–Trinajstić information content (AvgIpc) is 3.23. The first-order valence-corrected chi connectivity index (χ1v) is 12.6.